The lowest BCUT2D eigenvalue weighted by Gasteiger charge is -1.98. The largest absolute Gasteiger partial charge is 0.481 e. The van der Waals surface area contributed by atoms with Gasteiger partial charge in [-0.2, -0.15) is 0 Å². The van der Waals surface area contributed by atoms with Crippen LogP contribution in [0.25, 0.3) is 0 Å². The third kappa shape index (κ3) is 27.9. The van der Waals surface area contributed by atoms with Crippen LogP contribution in [-0.2, 0) is 4.79 Å². The molecule has 0 aliphatic heterocycles. The Morgan fingerprint density at radius 1 is 1.00 bits per heavy atom. The van der Waals surface area contributed by atoms with Crippen molar-refractivity contribution in [3.05, 3.63) is 24.8 Å². The van der Waals surface area contributed by atoms with Crippen LogP contribution in [0.15, 0.2) is 24.8 Å². The fourth-order valence-corrected chi connectivity index (χ4v) is 1.80. The Bertz CT molecular complexity index is 247. The lowest BCUT2D eigenvalue weighted by atomic mass is 10.1. The Balaban J connectivity index is 0. The Morgan fingerprint density at radius 3 is 2.14 bits per heavy atom. The number of rotatable bonds is 13. The Kier molecular flexibility index (Phi) is 22.4. The second kappa shape index (κ2) is 21.2. The van der Waals surface area contributed by atoms with E-state index < -0.39 is 5.97 Å². The van der Waals surface area contributed by atoms with Gasteiger partial charge in [-0.3, -0.25) is 4.79 Å². The number of aliphatic hydroxyl groups is 1. The van der Waals surface area contributed by atoms with Crippen molar-refractivity contribution in [2.45, 2.75) is 77.6 Å². The van der Waals surface area contributed by atoms with Crippen molar-refractivity contribution in [2.24, 2.45) is 0 Å². The normalized spacial score (nSPS) is 10.2. The molecule has 0 radical (unpaired) electrons. The van der Waals surface area contributed by atoms with Gasteiger partial charge in [-0.25, -0.2) is 0 Å². The maximum Gasteiger partial charge on any atom is 0.303 e. The van der Waals surface area contributed by atoms with Crippen molar-refractivity contribution in [1.82, 2.24) is 0 Å². The van der Waals surface area contributed by atoms with E-state index in [0.717, 1.165) is 25.7 Å². The molecule has 3 nitrogen and oxygen atoms in total. The standard InChI is InChI=1S/C12H22O.C6H12O2/c1-2-3-4-5-6-7-8-9-10-11-12-13;1-2-3-4-5-6(7)8/h2-4,13H,1,5-12H2;2-5H2,1H3,(H,7,8). The van der Waals surface area contributed by atoms with E-state index in [1.165, 1.54) is 38.5 Å². The molecule has 2 N–H and O–H groups in total. The van der Waals surface area contributed by atoms with Crippen molar-refractivity contribution in [1.29, 1.82) is 0 Å². The van der Waals surface area contributed by atoms with Gasteiger partial charge in [-0.05, 0) is 25.7 Å². The number of carboxylic acid groups (broad SMARTS) is 1. The van der Waals surface area contributed by atoms with E-state index in [1.54, 1.807) is 0 Å². The number of carbonyl (C=O) groups is 1. The molecular formula is C18H34O3. The smallest absolute Gasteiger partial charge is 0.303 e. The van der Waals surface area contributed by atoms with Crippen molar-refractivity contribution in [2.75, 3.05) is 6.61 Å². The van der Waals surface area contributed by atoms with E-state index in [0.29, 0.717) is 13.0 Å². The maximum absolute atomic E-state index is 9.87. The molecule has 0 unspecified atom stereocenters. The first-order valence-corrected chi connectivity index (χ1v) is 8.29. The molecular weight excluding hydrogens is 264 g/mol. The molecule has 0 aromatic heterocycles. The number of aliphatic hydroxyl groups excluding tert-OH is 1. The summed E-state index contributed by atoms with van der Waals surface area (Å²) in [5, 5.41) is 16.7. The number of hydrogen-bond acceptors (Lipinski definition) is 2. The third-order valence-corrected chi connectivity index (χ3v) is 3.05. The molecule has 0 amide bonds. The van der Waals surface area contributed by atoms with Gasteiger partial charge in [0.1, 0.15) is 0 Å². The Morgan fingerprint density at radius 2 is 1.62 bits per heavy atom. The molecule has 0 aliphatic rings. The van der Waals surface area contributed by atoms with Crippen LogP contribution >= 0.6 is 0 Å². The summed E-state index contributed by atoms with van der Waals surface area (Å²) in [4.78, 5) is 9.87. The van der Waals surface area contributed by atoms with Gasteiger partial charge in [0.25, 0.3) is 0 Å². The zero-order chi connectivity index (χ0) is 16.2. The topological polar surface area (TPSA) is 57.5 Å². The Labute approximate surface area is 130 Å². The maximum atomic E-state index is 9.87. The van der Waals surface area contributed by atoms with Crippen molar-refractivity contribution >= 4 is 5.97 Å². The van der Waals surface area contributed by atoms with Gasteiger partial charge in [0, 0.05) is 13.0 Å². The molecule has 0 rings (SSSR count). The third-order valence-electron chi connectivity index (χ3n) is 3.05. The van der Waals surface area contributed by atoms with Crippen LogP contribution in [0.3, 0.4) is 0 Å². The van der Waals surface area contributed by atoms with Gasteiger partial charge < -0.3 is 10.2 Å². The molecule has 0 aromatic carbocycles. The van der Waals surface area contributed by atoms with Crippen LogP contribution in [0.5, 0.6) is 0 Å². The zero-order valence-electron chi connectivity index (χ0n) is 13.7. The van der Waals surface area contributed by atoms with Gasteiger partial charge in [-0.1, -0.05) is 70.3 Å². The molecule has 0 aromatic rings. The average Bonchev–Trinajstić information content (AvgIpc) is 2.46. The highest BCUT2D eigenvalue weighted by molar-refractivity contribution is 5.66. The quantitative estimate of drug-likeness (QED) is 0.367. The summed E-state index contributed by atoms with van der Waals surface area (Å²) < 4.78 is 0. The molecule has 0 fully saturated rings. The molecule has 0 aliphatic carbocycles. The molecule has 3 heteroatoms. The number of aliphatic carboxylic acids is 1. The molecule has 0 heterocycles. The molecule has 0 atom stereocenters. The Hall–Kier alpha value is -1.09. The SMILES string of the molecule is C=CC=CCCCCCCCCO.CCCCCC(=O)O. The summed E-state index contributed by atoms with van der Waals surface area (Å²) in [5.41, 5.74) is 0. The summed E-state index contributed by atoms with van der Waals surface area (Å²) in [7, 11) is 0. The number of carboxylic acids is 1. The first kappa shape index (κ1) is 22.2. The van der Waals surface area contributed by atoms with Crippen LogP contribution in [0, 0.1) is 0 Å². The van der Waals surface area contributed by atoms with E-state index in [-0.39, 0.29) is 0 Å². The van der Waals surface area contributed by atoms with Crippen LogP contribution < -0.4 is 0 Å². The predicted octanol–water partition coefficient (Wildman–Crippen LogP) is 5.10. The second-order valence-corrected chi connectivity index (χ2v) is 5.15. The summed E-state index contributed by atoms with van der Waals surface area (Å²) in [6.45, 7) is 6.02. The van der Waals surface area contributed by atoms with Crippen LogP contribution in [0.1, 0.15) is 77.6 Å². The van der Waals surface area contributed by atoms with Crippen molar-refractivity contribution in [3.63, 3.8) is 0 Å². The lowest BCUT2D eigenvalue weighted by molar-refractivity contribution is -0.137. The van der Waals surface area contributed by atoms with E-state index in [4.69, 9.17) is 10.2 Å². The second-order valence-electron chi connectivity index (χ2n) is 5.15. The van der Waals surface area contributed by atoms with E-state index >= 15 is 0 Å². The molecule has 21 heavy (non-hydrogen) atoms. The monoisotopic (exact) mass is 298 g/mol. The van der Waals surface area contributed by atoms with Crippen LogP contribution in [-0.4, -0.2) is 22.8 Å². The minimum absolute atomic E-state index is 0.327. The fourth-order valence-electron chi connectivity index (χ4n) is 1.80. The lowest BCUT2D eigenvalue weighted by Crippen LogP contribution is -1.92. The van der Waals surface area contributed by atoms with Gasteiger partial charge in [0.15, 0.2) is 0 Å². The summed E-state index contributed by atoms with van der Waals surface area (Å²) in [6, 6.07) is 0. The summed E-state index contributed by atoms with van der Waals surface area (Å²) in [5.74, 6) is -0.682. The molecule has 0 spiro atoms. The van der Waals surface area contributed by atoms with E-state index in [1.807, 2.05) is 12.2 Å². The average molecular weight is 298 g/mol. The van der Waals surface area contributed by atoms with Gasteiger partial charge >= 0.3 is 5.97 Å². The minimum atomic E-state index is -0.682. The van der Waals surface area contributed by atoms with Gasteiger partial charge in [0.05, 0.1) is 0 Å². The first-order valence-electron chi connectivity index (χ1n) is 8.29. The minimum Gasteiger partial charge on any atom is -0.481 e. The number of hydrogen-bond donors (Lipinski definition) is 2. The molecule has 0 saturated heterocycles. The summed E-state index contributed by atoms with van der Waals surface area (Å²) >= 11 is 0. The van der Waals surface area contributed by atoms with Crippen molar-refractivity contribution < 1.29 is 15.0 Å². The predicted molar refractivity (Wildman–Crippen MR) is 90.5 cm³/mol. The van der Waals surface area contributed by atoms with Crippen LogP contribution in [0.2, 0.25) is 0 Å². The van der Waals surface area contributed by atoms with Gasteiger partial charge in [-0.15, -0.1) is 0 Å². The van der Waals surface area contributed by atoms with E-state index in [9.17, 15) is 4.79 Å². The molecule has 124 valence electrons. The zero-order valence-corrected chi connectivity index (χ0v) is 13.7. The molecule has 0 saturated carbocycles. The summed E-state index contributed by atoms with van der Waals surface area (Å²) in [6.07, 6.45) is 17.8. The fraction of sp³-hybridized carbons (Fsp3) is 0.722. The van der Waals surface area contributed by atoms with E-state index in [2.05, 4.69) is 19.6 Å². The van der Waals surface area contributed by atoms with Crippen LogP contribution in [0.4, 0.5) is 0 Å². The van der Waals surface area contributed by atoms with Gasteiger partial charge in [0.2, 0.25) is 0 Å². The highest BCUT2D eigenvalue weighted by Crippen LogP contribution is 2.07. The molecule has 0 bridgehead atoms. The van der Waals surface area contributed by atoms with Crippen molar-refractivity contribution in [3.8, 4) is 0 Å². The highest BCUT2D eigenvalue weighted by Gasteiger charge is 1.92. The highest BCUT2D eigenvalue weighted by atomic mass is 16.4. The number of unbranched alkanes of at least 4 members (excludes halogenated alkanes) is 8. The first-order chi connectivity index (χ1) is 10.2. The number of allylic oxidation sites excluding steroid dienone is 3.